The fourth-order valence-electron chi connectivity index (χ4n) is 2.22. The van der Waals surface area contributed by atoms with E-state index in [-0.39, 0.29) is 17.5 Å². The van der Waals surface area contributed by atoms with Gasteiger partial charge >= 0.3 is 12.0 Å². The van der Waals surface area contributed by atoms with Gasteiger partial charge in [-0.2, -0.15) is 0 Å². The first-order valence-electron chi connectivity index (χ1n) is 6.21. The fourth-order valence-corrected chi connectivity index (χ4v) is 2.73. The Bertz CT molecular complexity index is 596. The number of allylic oxidation sites excluding steroid dienone is 1. The molecular weight excluding hydrogens is 324 g/mol. The lowest BCUT2D eigenvalue weighted by atomic mass is 9.91. The minimum absolute atomic E-state index is 0.0860. The molecule has 1 aliphatic rings. The first-order chi connectivity index (χ1) is 9.41. The van der Waals surface area contributed by atoms with Crippen molar-refractivity contribution in [2.45, 2.75) is 19.9 Å². The average molecular weight is 339 g/mol. The molecule has 1 aromatic carbocycles. The van der Waals surface area contributed by atoms with Crippen LogP contribution in [0.5, 0.6) is 0 Å². The van der Waals surface area contributed by atoms with E-state index in [0.717, 1.165) is 10.0 Å². The molecule has 6 heteroatoms. The van der Waals surface area contributed by atoms with Gasteiger partial charge < -0.3 is 15.7 Å². The van der Waals surface area contributed by atoms with Crippen LogP contribution in [0.4, 0.5) is 4.79 Å². The number of hydrogen-bond acceptors (Lipinski definition) is 2. The molecule has 1 atom stereocenters. The molecule has 0 aliphatic carbocycles. The number of amides is 2. The van der Waals surface area contributed by atoms with Crippen molar-refractivity contribution in [2.24, 2.45) is 5.92 Å². The van der Waals surface area contributed by atoms with Gasteiger partial charge in [-0.25, -0.2) is 9.59 Å². The summed E-state index contributed by atoms with van der Waals surface area (Å²) in [4.78, 5) is 23.4. The van der Waals surface area contributed by atoms with E-state index in [2.05, 4.69) is 26.6 Å². The van der Waals surface area contributed by atoms with Crippen molar-refractivity contribution in [2.75, 3.05) is 0 Å². The van der Waals surface area contributed by atoms with Crippen LogP contribution in [-0.2, 0) is 4.79 Å². The highest BCUT2D eigenvalue weighted by Gasteiger charge is 2.34. The largest absolute Gasteiger partial charge is 0.478 e. The first-order valence-corrected chi connectivity index (χ1v) is 7.00. The smallest absolute Gasteiger partial charge is 0.335 e. The Labute approximate surface area is 125 Å². The molecule has 106 valence electrons. The van der Waals surface area contributed by atoms with Gasteiger partial charge in [-0.1, -0.05) is 48.0 Å². The zero-order chi connectivity index (χ0) is 14.9. The van der Waals surface area contributed by atoms with Gasteiger partial charge in [0, 0.05) is 10.2 Å². The standard InChI is InChI=1S/C14H15BrN2O3/c1-7(2)11-10(13(18)19)12(17-14(20)16-11)8-5-3-4-6-9(8)15/h3-7,12H,1-2H3,(H,18,19)(H2,16,17,20). The molecule has 20 heavy (non-hydrogen) atoms. The number of carbonyl (C=O) groups excluding carboxylic acids is 1. The van der Waals surface area contributed by atoms with E-state index in [1.54, 1.807) is 6.07 Å². The summed E-state index contributed by atoms with van der Waals surface area (Å²) in [7, 11) is 0. The quantitative estimate of drug-likeness (QED) is 0.792. The maximum Gasteiger partial charge on any atom is 0.335 e. The second kappa shape index (κ2) is 5.66. The number of aliphatic carboxylic acids is 1. The van der Waals surface area contributed by atoms with Crippen LogP contribution < -0.4 is 10.6 Å². The third-order valence-electron chi connectivity index (χ3n) is 3.13. The Morgan fingerprint density at radius 2 is 2.00 bits per heavy atom. The molecule has 0 bridgehead atoms. The highest BCUT2D eigenvalue weighted by molar-refractivity contribution is 9.10. The lowest BCUT2D eigenvalue weighted by Gasteiger charge is -2.30. The summed E-state index contributed by atoms with van der Waals surface area (Å²) < 4.78 is 0.758. The molecule has 2 amide bonds. The van der Waals surface area contributed by atoms with E-state index in [4.69, 9.17) is 0 Å². The summed E-state index contributed by atoms with van der Waals surface area (Å²) in [6.45, 7) is 3.70. The lowest BCUT2D eigenvalue weighted by Crippen LogP contribution is -2.46. The van der Waals surface area contributed by atoms with Crippen LogP contribution in [0.15, 0.2) is 40.0 Å². The first kappa shape index (κ1) is 14.6. The number of nitrogens with one attached hydrogen (secondary N) is 2. The van der Waals surface area contributed by atoms with Gasteiger partial charge in [0.1, 0.15) is 0 Å². The molecular formula is C14H15BrN2O3. The van der Waals surface area contributed by atoms with Gasteiger partial charge in [0.15, 0.2) is 0 Å². The van der Waals surface area contributed by atoms with Crippen molar-refractivity contribution in [1.29, 1.82) is 0 Å². The second-order valence-corrected chi connectivity index (χ2v) is 5.69. The van der Waals surface area contributed by atoms with Crippen molar-refractivity contribution in [1.82, 2.24) is 10.6 Å². The molecule has 5 nitrogen and oxygen atoms in total. The van der Waals surface area contributed by atoms with Crippen molar-refractivity contribution >= 4 is 27.9 Å². The summed E-state index contributed by atoms with van der Waals surface area (Å²) in [5.74, 6) is -1.13. The van der Waals surface area contributed by atoms with Crippen LogP contribution in [0.3, 0.4) is 0 Å². The van der Waals surface area contributed by atoms with Crippen molar-refractivity contribution < 1.29 is 14.7 Å². The molecule has 1 heterocycles. The van der Waals surface area contributed by atoms with Gasteiger partial charge in [-0.05, 0) is 17.5 Å². The summed E-state index contributed by atoms with van der Waals surface area (Å²) in [6.07, 6.45) is 0. The molecule has 0 saturated carbocycles. The number of carboxylic acids is 1. The van der Waals surface area contributed by atoms with Crippen LogP contribution in [0.1, 0.15) is 25.5 Å². The molecule has 0 aromatic heterocycles. The Hall–Kier alpha value is -1.82. The number of benzene rings is 1. The van der Waals surface area contributed by atoms with E-state index in [1.807, 2.05) is 32.0 Å². The van der Waals surface area contributed by atoms with Gasteiger partial charge in [-0.15, -0.1) is 0 Å². The Kier molecular flexibility index (Phi) is 4.13. The molecule has 0 saturated heterocycles. The second-order valence-electron chi connectivity index (χ2n) is 4.84. The maximum atomic E-state index is 11.8. The number of hydrogen-bond donors (Lipinski definition) is 3. The van der Waals surface area contributed by atoms with E-state index >= 15 is 0 Å². The van der Waals surface area contributed by atoms with Crippen molar-refractivity contribution in [3.8, 4) is 0 Å². The zero-order valence-corrected chi connectivity index (χ0v) is 12.7. The van der Waals surface area contributed by atoms with Gasteiger partial charge in [0.25, 0.3) is 0 Å². The molecule has 0 radical (unpaired) electrons. The number of urea groups is 1. The normalized spacial score (nSPS) is 18.8. The van der Waals surface area contributed by atoms with Crippen LogP contribution in [0, 0.1) is 5.92 Å². The average Bonchev–Trinajstić information content (AvgIpc) is 2.37. The number of carbonyl (C=O) groups is 2. The molecule has 1 unspecified atom stereocenters. The van der Waals surface area contributed by atoms with Crippen LogP contribution in [0.2, 0.25) is 0 Å². The Morgan fingerprint density at radius 3 is 2.55 bits per heavy atom. The fraction of sp³-hybridized carbons (Fsp3) is 0.286. The monoisotopic (exact) mass is 338 g/mol. The van der Waals surface area contributed by atoms with E-state index < -0.39 is 12.0 Å². The Balaban J connectivity index is 2.60. The summed E-state index contributed by atoms with van der Waals surface area (Å²) in [6, 6.07) is 6.19. The van der Waals surface area contributed by atoms with E-state index in [0.29, 0.717) is 5.70 Å². The number of halogens is 1. The van der Waals surface area contributed by atoms with Gasteiger partial charge in [0.2, 0.25) is 0 Å². The highest BCUT2D eigenvalue weighted by atomic mass is 79.9. The van der Waals surface area contributed by atoms with Crippen molar-refractivity contribution in [3.05, 3.63) is 45.6 Å². The lowest BCUT2D eigenvalue weighted by molar-refractivity contribution is -0.133. The summed E-state index contributed by atoms with van der Waals surface area (Å²) in [5, 5.41) is 14.8. The predicted molar refractivity (Wildman–Crippen MR) is 78.1 cm³/mol. The van der Waals surface area contributed by atoms with Gasteiger partial charge in [-0.3, -0.25) is 0 Å². The molecule has 0 fully saturated rings. The summed E-state index contributed by atoms with van der Waals surface area (Å²) in [5.41, 5.74) is 1.34. The van der Waals surface area contributed by atoms with E-state index in [9.17, 15) is 14.7 Å². The topological polar surface area (TPSA) is 78.4 Å². The third kappa shape index (κ3) is 2.70. The Morgan fingerprint density at radius 1 is 1.35 bits per heavy atom. The van der Waals surface area contributed by atoms with E-state index in [1.165, 1.54) is 0 Å². The van der Waals surface area contributed by atoms with Crippen LogP contribution >= 0.6 is 15.9 Å². The third-order valence-corrected chi connectivity index (χ3v) is 3.85. The minimum Gasteiger partial charge on any atom is -0.478 e. The highest BCUT2D eigenvalue weighted by Crippen LogP contribution is 2.33. The number of rotatable bonds is 3. The maximum absolute atomic E-state index is 11.8. The van der Waals surface area contributed by atoms with Crippen LogP contribution in [-0.4, -0.2) is 17.1 Å². The van der Waals surface area contributed by atoms with Gasteiger partial charge in [0.05, 0.1) is 11.6 Å². The van der Waals surface area contributed by atoms with Crippen LogP contribution in [0.25, 0.3) is 0 Å². The molecule has 0 spiro atoms. The minimum atomic E-state index is -1.04. The molecule has 2 rings (SSSR count). The number of carboxylic acid groups (broad SMARTS) is 1. The van der Waals surface area contributed by atoms with Crippen molar-refractivity contribution in [3.63, 3.8) is 0 Å². The molecule has 1 aromatic rings. The summed E-state index contributed by atoms with van der Waals surface area (Å²) >= 11 is 3.40. The molecule has 1 aliphatic heterocycles. The zero-order valence-electron chi connectivity index (χ0n) is 11.1. The molecule has 3 N–H and O–H groups in total. The predicted octanol–water partition coefficient (Wildman–Crippen LogP) is 2.80. The SMILES string of the molecule is CC(C)C1=C(C(=O)O)C(c2ccccc2Br)NC(=O)N1.